The van der Waals surface area contributed by atoms with Crippen LogP contribution in [0.2, 0.25) is 0 Å². The van der Waals surface area contributed by atoms with Crippen LogP contribution in [0.25, 0.3) is 0 Å². The van der Waals surface area contributed by atoms with Gasteiger partial charge in [0, 0.05) is 0 Å². The zero-order chi connectivity index (χ0) is 14.3. The first-order valence-electron chi connectivity index (χ1n) is 6.10. The maximum absolute atomic E-state index is 11.9. The maximum Gasteiger partial charge on any atom is 0.310 e. The van der Waals surface area contributed by atoms with E-state index in [1.54, 1.807) is 0 Å². The first-order valence-corrected chi connectivity index (χ1v) is 6.10. The van der Waals surface area contributed by atoms with E-state index < -0.39 is 23.8 Å². The molecule has 0 aliphatic rings. The molecule has 0 saturated heterocycles. The highest BCUT2D eigenvalue weighted by molar-refractivity contribution is 5.81. The van der Waals surface area contributed by atoms with Crippen molar-refractivity contribution in [2.75, 3.05) is 0 Å². The fourth-order valence-electron chi connectivity index (χ4n) is 1.69. The van der Waals surface area contributed by atoms with Crippen molar-refractivity contribution < 1.29 is 19.4 Å². The van der Waals surface area contributed by atoms with Gasteiger partial charge in [-0.25, -0.2) is 0 Å². The van der Waals surface area contributed by atoms with Crippen molar-refractivity contribution >= 4 is 11.9 Å². The topological polar surface area (TPSA) is 63.6 Å². The second-order valence-electron chi connectivity index (χ2n) is 4.35. The predicted octanol–water partition coefficient (Wildman–Crippen LogP) is 2.64. The van der Waals surface area contributed by atoms with Crippen LogP contribution >= 0.6 is 0 Å². The molecule has 1 rings (SSSR count). The summed E-state index contributed by atoms with van der Waals surface area (Å²) in [4.78, 5) is 22.9. The Morgan fingerprint density at radius 2 is 2.00 bits per heavy atom. The van der Waals surface area contributed by atoms with Gasteiger partial charge in [0.05, 0.1) is 11.8 Å². The van der Waals surface area contributed by atoms with Crippen LogP contribution in [-0.2, 0) is 20.9 Å². The number of aliphatic carboxylic acids is 1. The molecular formula is C15H18O4. The minimum absolute atomic E-state index is 0.152. The summed E-state index contributed by atoms with van der Waals surface area (Å²) in [5.74, 6) is -3.00. The molecule has 0 radical (unpaired) electrons. The van der Waals surface area contributed by atoms with Crippen molar-refractivity contribution in [2.24, 2.45) is 11.8 Å². The molecule has 1 unspecified atom stereocenters. The van der Waals surface area contributed by atoms with Crippen molar-refractivity contribution in [3.63, 3.8) is 0 Å². The molecule has 2 atom stereocenters. The number of carboxylic acid groups (broad SMARTS) is 1. The van der Waals surface area contributed by atoms with Crippen LogP contribution in [0.1, 0.15) is 18.9 Å². The van der Waals surface area contributed by atoms with E-state index in [4.69, 9.17) is 9.84 Å². The molecular weight excluding hydrogens is 244 g/mol. The summed E-state index contributed by atoms with van der Waals surface area (Å²) in [7, 11) is 0. The zero-order valence-corrected chi connectivity index (χ0v) is 10.9. The van der Waals surface area contributed by atoms with Crippen LogP contribution in [0.3, 0.4) is 0 Å². The van der Waals surface area contributed by atoms with Gasteiger partial charge in [0.15, 0.2) is 0 Å². The van der Waals surface area contributed by atoms with E-state index in [9.17, 15) is 9.59 Å². The van der Waals surface area contributed by atoms with Crippen LogP contribution < -0.4 is 0 Å². The van der Waals surface area contributed by atoms with Gasteiger partial charge in [-0.1, -0.05) is 43.3 Å². The molecule has 1 N–H and O–H groups in total. The molecule has 0 spiro atoms. The molecule has 0 amide bonds. The molecule has 0 bridgehead atoms. The third kappa shape index (κ3) is 4.58. The van der Waals surface area contributed by atoms with E-state index >= 15 is 0 Å². The fraction of sp³-hybridized carbons (Fsp3) is 0.333. The third-order valence-electron chi connectivity index (χ3n) is 2.94. The van der Waals surface area contributed by atoms with E-state index in [0.717, 1.165) is 5.56 Å². The Balaban J connectivity index is 2.62. The number of carbonyl (C=O) groups excluding carboxylic acids is 1. The van der Waals surface area contributed by atoms with Crippen LogP contribution in [0.15, 0.2) is 43.0 Å². The van der Waals surface area contributed by atoms with Gasteiger partial charge < -0.3 is 9.84 Å². The molecule has 0 heterocycles. The Morgan fingerprint density at radius 1 is 1.37 bits per heavy atom. The molecule has 0 fully saturated rings. The Hall–Kier alpha value is -2.10. The van der Waals surface area contributed by atoms with E-state index in [0.29, 0.717) is 6.42 Å². The molecule has 1 aromatic rings. The van der Waals surface area contributed by atoms with Crippen LogP contribution in [0.4, 0.5) is 0 Å². The summed E-state index contributed by atoms with van der Waals surface area (Å²) >= 11 is 0. The molecule has 19 heavy (non-hydrogen) atoms. The molecule has 0 aliphatic heterocycles. The highest BCUT2D eigenvalue weighted by Crippen LogP contribution is 2.19. The maximum atomic E-state index is 11.9. The second-order valence-corrected chi connectivity index (χ2v) is 4.35. The van der Waals surface area contributed by atoms with Gasteiger partial charge in [-0.2, -0.15) is 0 Å². The SMILES string of the molecule is C=CCC(C(=O)OCc1ccccc1)[C@@H](C)C(=O)O. The number of ether oxygens (including phenoxy) is 1. The lowest BCUT2D eigenvalue weighted by atomic mass is 9.91. The molecule has 0 aliphatic carbocycles. The Labute approximate surface area is 112 Å². The number of allylic oxidation sites excluding steroid dienone is 1. The van der Waals surface area contributed by atoms with Crippen molar-refractivity contribution in [1.82, 2.24) is 0 Å². The smallest absolute Gasteiger partial charge is 0.310 e. The van der Waals surface area contributed by atoms with Crippen molar-refractivity contribution in [2.45, 2.75) is 20.0 Å². The summed E-state index contributed by atoms with van der Waals surface area (Å²) in [5, 5.41) is 8.97. The number of rotatable bonds is 7. The summed E-state index contributed by atoms with van der Waals surface area (Å²) < 4.78 is 5.16. The van der Waals surface area contributed by atoms with Gasteiger partial charge in [-0.3, -0.25) is 9.59 Å². The van der Waals surface area contributed by atoms with E-state index in [-0.39, 0.29) is 6.61 Å². The van der Waals surface area contributed by atoms with Crippen LogP contribution in [-0.4, -0.2) is 17.0 Å². The number of esters is 1. The van der Waals surface area contributed by atoms with Crippen LogP contribution in [0.5, 0.6) is 0 Å². The standard InChI is InChI=1S/C15H18O4/c1-3-7-13(11(2)14(16)17)15(18)19-10-12-8-5-4-6-9-12/h3-6,8-9,11,13H,1,7,10H2,2H3,(H,16,17)/t11-,13?/m1/s1. The summed E-state index contributed by atoms with van der Waals surface area (Å²) in [6.07, 6.45) is 1.83. The number of carboxylic acids is 1. The summed E-state index contributed by atoms with van der Waals surface area (Å²) in [6, 6.07) is 9.26. The van der Waals surface area contributed by atoms with Gasteiger partial charge in [0.1, 0.15) is 6.61 Å². The van der Waals surface area contributed by atoms with Crippen LogP contribution in [0, 0.1) is 11.8 Å². The average molecular weight is 262 g/mol. The lowest BCUT2D eigenvalue weighted by Crippen LogP contribution is -2.29. The van der Waals surface area contributed by atoms with E-state index in [2.05, 4.69) is 6.58 Å². The third-order valence-corrected chi connectivity index (χ3v) is 2.94. The van der Waals surface area contributed by atoms with Gasteiger partial charge in [0.25, 0.3) is 0 Å². The normalized spacial score (nSPS) is 13.3. The largest absolute Gasteiger partial charge is 0.481 e. The van der Waals surface area contributed by atoms with Gasteiger partial charge in [0.2, 0.25) is 0 Å². The number of hydrogen-bond donors (Lipinski definition) is 1. The Morgan fingerprint density at radius 3 is 2.53 bits per heavy atom. The predicted molar refractivity (Wildman–Crippen MR) is 71.3 cm³/mol. The molecule has 4 nitrogen and oxygen atoms in total. The quantitative estimate of drug-likeness (QED) is 0.606. The van der Waals surface area contributed by atoms with E-state index in [1.165, 1.54) is 13.0 Å². The van der Waals surface area contributed by atoms with Gasteiger partial charge >= 0.3 is 11.9 Å². The first kappa shape index (κ1) is 15.0. The summed E-state index contributed by atoms with van der Waals surface area (Å²) in [6.45, 7) is 5.19. The average Bonchev–Trinajstić information content (AvgIpc) is 2.42. The number of hydrogen-bond acceptors (Lipinski definition) is 3. The highest BCUT2D eigenvalue weighted by Gasteiger charge is 2.30. The van der Waals surface area contributed by atoms with Crippen molar-refractivity contribution in [3.8, 4) is 0 Å². The minimum Gasteiger partial charge on any atom is -0.481 e. The lowest BCUT2D eigenvalue weighted by molar-refractivity contribution is -0.158. The first-order chi connectivity index (χ1) is 9.06. The monoisotopic (exact) mass is 262 g/mol. The molecule has 102 valence electrons. The lowest BCUT2D eigenvalue weighted by Gasteiger charge is -2.18. The Kier molecular flexibility index (Phi) is 5.79. The minimum atomic E-state index is -1.01. The Bertz CT molecular complexity index is 439. The zero-order valence-electron chi connectivity index (χ0n) is 10.9. The second kappa shape index (κ2) is 7.36. The van der Waals surface area contributed by atoms with Gasteiger partial charge in [-0.15, -0.1) is 6.58 Å². The van der Waals surface area contributed by atoms with E-state index in [1.807, 2.05) is 30.3 Å². The molecule has 0 saturated carbocycles. The van der Waals surface area contributed by atoms with Gasteiger partial charge in [-0.05, 0) is 12.0 Å². The molecule has 0 aromatic heterocycles. The molecule has 1 aromatic carbocycles. The number of benzene rings is 1. The molecule has 4 heteroatoms. The summed E-state index contributed by atoms with van der Waals surface area (Å²) in [5.41, 5.74) is 0.871. The fourth-order valence-corrected chi connectivity index (χ4v) is 1.69. The highest BCUT2D eigenvalue weighted by atomic mass is 16.5. The van der Waals surface area contributed by atoms with Crippen molar-refractivity contribution in [3.05, 3.63) is 48.6 Å². The number of carbonyl (C=O) groups is 2. The van der Waals surface area contributed by atoms with Crippen molar-refractivity contribution in [1.29, 1.82) is 0 Å².